The number of halogens is 2. The van der Waals surface area contributed by atoms with Crippen molar-refractivity contribution >= 4 is 35.0 Å². The van der Waals surface area contributed by atoms with Gasteiger partial charge in [-0.25, -0.2) is 9.89 Å². The van der Waals surface area contributed by atoms with E-state index in [0.717, 1.165) is 12.8 Å². The quantitative estimate of drug-likeness (QED) is 0.643. The molecule has 1 aliphatic carbocycles. The first kappa shape index (κ1) is 14.8. The van der Waals surface area contributed by atoms with Crippen LogP contribution in [0.5, 0.6) is 5.75 Å². The average molecular weight is 346 g/mol. The second kappa shape index (κ2) is 6.34. The van der Waals surface area contributed by atoms with Gasteiger partial charge in [-0.1, -0.05) is 35.0 Å². The lowest BCUT2D eigenvalue weighted by Gasteiger charge is -2.08. The van der Waals surface area contributed by atoms with Crippen molar-refractivity contribution in [1.82, 2.24) is 14.8 Å². The molecule has 21 heavy (non-hydrogen) atoms. The van der Waals surface area contributed by atoms with Crippen LogP contribution in [0.2, 0.25) is 10.0 Å². The SMILES string of the molecule is O=c1[nH]nc(SCCOc2ccc(Cl)cc2Cl)n1C1CC1. The molecule has 1 aromatic carbocycles. The molecule has 1 saturated carbocycles. The summed E-state index contributed by atoms with van der Waals surface area (Å²) in [7, 11) is 0. The molecule has 0 radical (unpaired) electrons. The van der Waals surface area contributed by atoms with Crippen LogP contribution < -0.4 is 10.4 Å². The van der Waals surface area contributed by atoms with Crippen LogP contribution in [0.4, 0.5) is 0 Å². The Morgan fingerprint density at radius 1 is 1.43 bits per heavy atom. The van der Waals surface area contributed by atoms with E-state index in [2.05, 4.69) is 10.2 Å². The van der Waals surface area contributed by atoms with Gasteiger partial charge in [0, 0.05) is 16.8 Å². The Labute approximate surface area is 135 Å². The van der Waals surface area contributed by atoms with Gasteiger partial charge >= 0.3 is 5.69 Å². The van der Waals surface area contributed by atoms with Crippen molar-refractivity contribution in [2.75, 3.05) is 12.4 Å². The smallest absolute Gasteiger partial charge is 0.344 e. The minimum Gasteiger partial charge on any atom is -0.491 e. The zero-order valence-corrected chi connectivity index (χ0v) is 13.3. The maximum absolute atomic E-state index is 11.6. The first-order valence-corrected chi connectivity index (χ1v) is 8.27. The van der Waals surface area contributed by atoms with Crippen LogP contribution in [0.15, 0.2) is 28.2 Å². The van der Waals surface area contributed by atoms with Gasteiger partial charge in [-0.3, -0.25) is 4.57 Å². The Morgan fingerprint density at radius 2 is 2.24 bits per heavy atom. The highest BCUT2D eigenvalue weighted by atomic mass is 35.5. The number of nitrogens with zero attached hydrogens (tertiary/aromatic N) is 2. The van der Waals surface area contributed by atoms with Gasteiger partial charge in [-0.05, 0) is 31.0 Å². The van der Waals surface area contributed by atoms with Crippen molar-refractivity contribution in [3.63, 3.8) is 0 Å². The molecule has 2 aromatic rings. The topological polar surface area (TPSA) is 59.9 Å². The summed E-state index contributed by atoms with van der Waals surface area (Å²) in [6.45, 7) is 0.470. The highest BCUT2D eigenvalue weighted by molar-refractivity contribution is 7.99. The number of thioether (sulfide) groups is 1. The maximum Gasteiger partial charge on any atom is 0.344 e. The summed E-state index contributed by atoms with van der Waals surface area (Å²) < 4.78 is 7.32. The molecule has 0 spiro atoms. The number of hydrogen-bond donors (Lipinski definition) is 1. The van der Waals surface area contributed by atoms with E-state index < -0.39 is 0 Å². The number of hydrogen-bond acceptors (Lipinski definition) is 4. The van der Waals surface area contributed by atoms with E-state index in [-0.39, 0.29) is 5.69 Å². The Bertz CT molecular complexity index is 697. The van der Waals surface area contributed by atoms with Crippen LogP contribution >= 0.6 is 35.0 Å². The van der Waals surface area contributed by atoms with E-state index in [9.17, 15) is 4.79 Å². The van der Waals surface area contributed by atoms with Gasteiger partial charge in [0.25, 0.3) is 0 Å². The Kier molecular flexibility index (Phi) is 4.47. The van der Waals surface area contributed by atoms with Gasteiger partial charge in [0.1, 0.15) is 5.75 Å². The molecule has 1 heterocycles. The highest BCUT2D eigenvalue weighted by Gasteiger charge is 2.28. The lowest BCUT2D eigenvalue weighted by Crippen LogP contribution is -2.16. The summed E-state index contributed by atoms with van der Waals surface area (Å²) in [5.41, 5.74) is -0.137. The summed E-state index contributed by atoms with van der Waals surface area (Å²) in [4.78, 5) is 11.6. The van der Waals surface area contributed by atoms with Gasteiger partial charge in [0.2, 0.25) is 0 Å². The first-order valence-electron chi connectivity index (χ1n) is 6.52. The molecule has 3 rings (SSSR count). The second-order valence-electron chi connectivity index (χ2n) is 4.68. The minimum atomic E-state index is -0.137. The van der Waals surface area contributed by atoms with E-state index in [1.807, 2.05) is 0 Å². The molecule has 5 nitrogen and oxygen atoms in total. The second-order valence-corrected chi connectivity index (χ2v) is 6.59. The van der Waals surface area contributed by atoms with Gasteiger partial charge in [-0.2, -0.15) is 0 Å². The number of H-pyrrole nitrogens is 1. The number of benzene rings is 1. The van der Waals surface area contributed by atoms with Crippen molar-refractivity contribution in [3.8, 4) is 5.75 Å². The predicted molar refractivity (Wildman–Crippen MR) is 83.8 cm³/mol. The van der Waals surface area contributed by atoms with Gasteiger partial charge in [0.05, 0.1) is 11.6 Å². The lowest BCUT2D eigenvalue weighted by atomic mass is 10.3. The monoisotopic (exact) mass is 345 g/mol. The molecule has 1 fully saturated rings. The van der Waals surface area contributed by atoms with E-state index >= 15 is 0 Å². The molecule has 0 saturated heterocycles. The third-order valence-electron chi connectivity index (χ3n) is 3.05. The van der Waals surface area contributed by atoms with Crippen molar-refractivity contribution < 1.29 is 4.74 Å². The number of aromatic nitrogens is 3. The van der Waals surface area contributed by atoms with Crippen LogP contribution in [0.3, 0.4) is 0 Å². The summed E-state index contributed by atoms with van der Waals surface area (Å²) in [5, 5.41) is 8.31. The largest absolute Gasteiger partial charge is 0.491 e. The van der Waals surface area contributed by atoms with Crippen molar-refractivity contribution in [3.05, 3.63) is 38.7 Å². The van der Waals surface area contributed by atoms with E-state index in [1.165, 1.54) is 11.8 Å². The number of ether oxygens (including phenoxy) is 1. The summed E-state index contributed by atoms with van der Waals surface area (Å²) >= 11 is 13.3. The predicted octanol–water partition coefficient (Wildman–Crippen LogP) is 3.38. The molecular weight excluding hydrogens is 333 g/mol. The normalized spacial score (nSPS) is 14.4. The molecule has 8 heteroatoms. The molecular formula is C13H13Cl2N3O2S. The molecule has 0 atom stereocenters. The van der Waals surface area contributed by atoms with E-state index in [4.69, 9.17) is 27.9 Å². The fourth-order valence-electron chi connectivity index (χ4n) is 1.92. The fraction of sp³-hybridized carbons (Fsp3) is 0.385. The van der Waals surface area contributed by atoms with Crippen molar-refractivity contribution in [2.45, 2.75) is 24.0 Å². The van der Waals surface area contributed by atoms with Crippen LogP contribution in [0.25, 0.3) is 0 Å². The molecule has 0 aliphatic heterocycles. The fourth-order valence-corrected chi connectivity index (χ4v) is 3.22. The van der Waals surface area contributed by atoms with E-state index in [0.29, 0.717) is 39.4 Å². The first-order chi connectivity index (χ1) is 10.1. The lowest BCUT2D eigenvalue weighted by molar-refractivity contribution is 0.344. The molecule has 1 aliphatic rings. The van der Waals surface area contributed by atoms with Gasteiger partial charge in [-0.15, -0.1) is 5.10 Å². The third-order valence-corrected chi connectivity index (χ3v) is 4.50. The molecule has 112 valence electrons. The number of rotatable bonds is 6. The molecule has 0 bridgehead atoms. The molecule has 0 unspecified atom stereocenters. The van der Waals surface area contributed by atoms with Gasteiger partial charge < -0.3 is 4.74 Å². The molecule has 0 amide bonds. The van der Waals surface area contributed by atoms with Crippen LogP contribution in [-0.4, -0.2) is 27.1 Å². The average Bonchev–Trinajstić information content (AvgIpc) is 3.21. The maximum atomic E-state index is 11.6. The van der Waals surface area contributed by atoms with E-state index in [1.54, 1.807) is 22.8 Å². The Morgan fingerprint density at radius 3 is 2.95 bits per heavy atom. The van der Waals surface area contributed by atoms with Crippen LogP contribution in [0, 0.1) is 0 Å². The van der Waals surface area contributed by atoms with Gasteiger partial charge in [0.15, 0.2) is 5.16 Å². The highest BCUT2D eigenvalue weighted by Crippen LogP contribution is 2.36. The zero-order valence-electron chi connectivity index (χ0n) is 11.0. The Hall–Kier alpha value is -1.11. The summed E-state index contributed by atoms with van der Waals surface area (Å²) in [5.74, 6) is 1.28. The number of aromatic amines is 1. The Balaban J connectivity index is 1.53. The summed E-state index contributed by atoms with van der Waals surface area (Å²) in [6.07, 6.45) is 2.09. The molecule has 1 aromatic heterocycles. The van der Waals surface area contributed by atoms with Crippen molar-refractivity contribution in [1.29, 1.82) is 0 Å². The zero-order chi connectivity index (χ0) is 14.8. The van der Waals surface area contributed by atoms with Crippen LogP contribution in [-0.2, 0) is 0 Å². The molecule has 1 N–H and O–H groups in total. The standard InChI is InChI=1S/C13H13Cl2N3O2S/c14-8-1-4-11(10(15)7-8)20-5-6-21-13-17-16-12(19)18(13)9-2-3-9/h1,4,7,9H,2-3,5-6H2,(H,16,19). The van der Waals surface area contributed by atoms with Crippen molar-refractivity contribution in [2.24, 2.45) is 0 Å². The summed E-state index contributed by atoms with van der Waals surface area (Å²) in [6, 6.07) is 5.42. The third kappa shape index (κ3) is 3.56. The van der Waals surface area contributed by atoms with Crippen LogP contribution in [0.1, 0.15) is 18.9 Å². The minimum absolute atomic E-state index is 0.137. The number of nitrogens with one attached hydrogen (secondary N) is 1.